The van der Waals surface area contributed by atoms with E-state index < -0.39 is 11.4 Å². The van der Waals surface area contributed by atoms with E-state index in [1.54, 1.807) is 0 Å². The zero-order valence-electron chi connectivity index (χ0n) is 10.4. The maximum Gasteiger partial charge on any atom is 0.314 e. The van der Waals surface area contributed by atoms with Crippen LogP contribution in [0.5, 0.6) is 0 Å². The van der Waals surface area contributed by atoms with E-state index in [4.69, 9.17) is 5.11 Å². The summed E-state index contributed by atoms with van der Waals surface area (Å²) in [5.74, 6) is -0.247. The Balaban J connectivity index is 1.63. The molecule has 0 heterocycles. The van der Waals surface area contributed by atoms with Gasteiger partial charge in [-0.2, -0.15) is 0 Å². The second-order valence-corrected chi connectivity index (χ2v) is 6.04. The number of carbonyl (C=O) groups is 2. The van der Waals surface area contributed by atoms with Crippen LogP contribution in [-0.4, -0.2) is 30.2 Å². The molecule has 0 spiro atoms. The van der Waals surface area contributed by atoms with Crippen molar-refractivity contribution >= 4 is 12.0 Å². The number of carboxylic acids is 1. The van der Waals surface area contributed by atoms with E-state index in [2.05, 4.69) is 24.5 Å². The largest absolute Gasteiger partial charge is 0.481 e. The lowest BCUT2D eigenvalue weighted by Gasteiger charge is -2.12. The molecule has 5 heteroatoms. The molecule has 5 nitrogen and oxygen atoms in total. The van der Waals surface area contributed by atoms with Crippen LogP contribution in [0.1, 0.15) is 33.1 Å². The molecular formula is C12H20N2O3. The lowest BCUT2D eigenvalue weighted by molar-refractivity contribution is -0.143. The third-order valence-electron chi connectivity index (χ3n) is 4.12. The molecule has 1 unspecified atom stereocenters. The summed E-state index contributed by atoms with van der Waals surface area (Å²) >= 11 is 0. The van der Waals surface area contributed by atoms with Gasteiger partial charge >= 0.3 is 12.0 Å². The minimum atomic E-state index is -0.805. The van der Waals surface area contributed by atoms with E-state index >= 15 is 0 Å². The van der Waals surface area contributed by atoms with Crippen LogP contribution < -0.4 is 10.6 Å². The molecule has 2 aliphatic rings. The lowest BCUT2D eigenvalue weighted by atomic mass is 10.1. The van der Waals surface area contributed by atoms with Gasteiger partial charge in [0.1, 0.15) is 0 Å². The van der Waals surface area contributed by atoms with Crippen molar-refractivity contribution in [3.05, 3.63) is 0 Å². The fourth-order valence-corrected chi connectivity index (χ4v) is 2.07. The molecule has 2 saturated carbocycles. The van der Waals surface area contributed by atoms with Gasteiger partial charge in [0.25, 0.3) is 0 Å². The molecule has 2 fully saturated rings. The Labute approximate surface area is 101 Å². The highest BCUT2D eigenvalue weighted by molar-refractivity contribution is 5.80. The van der Waals surface area contributed by atoms with Gasteiger partial charge in [0.05, 0.1) is 5.41 Å². The van der Waals surface area contributed by atoms with Gasteiger partial charge in [0, 0.05) is 13.1 Å². The molecule has 1 atom stereocenters. The molecule has 0 aliphatic heterocycles. The summed E-state index contributed by atoms with van der Waals surface area (Å²) < 4.78 is 0. The summed E-state index contributed by atoms with van der Waals surface area (Å²) in [6.07, 6.45) is 2.48. The second kappa shape index (κ2) is 3.89. The van der Waals surface area contributed by atoms with Crippen molar-refractivity contribution in [3.8, 4) is 0 Å². The highest BCUT2D eigenvalue weighted by Crippen LogP contribution is 2.51. The fourth-order valence-electron chi connectivity index (χ4n) is 2.07. The number of rotatable bonds is 5. The average Bonchev–Trinajstić information content (AvgIpc) is 3.10. The van der Waals surface area contributed by atoms with Gasteiger partial charge in [-0.1, -0.05) is 13.8 Å². The summed E-state index contributed by atoms with van der Waals surface area (Å²) in [4.78, 5) is 22.4. The van der Waals surface area contributed by atoms with E-state index in [0.717, 1.165) is 6.42 Å². The third kappa shape index (κ3) is 2.70. The third-order valence-corrected chi connectivity index (χ3v) is 4.12. The van der Waals surface area contributed by atoms with Crippen LogP contribution in [0.3, 0.4) is 0 Å². The van der Waals surface area contributed by atoms with Gasteiger partial charge in [0.15, 0.2) is 0 Å². The molecule has 2 aliphatic carbocycles. The maximum atomic E-state index is 11.5. The van der Waals surface area contributed by atoms with Crippen molar-refractivity contribution in [3.63, 3.8) is 0 Å². The standard InChI is InChI=1S/C12H20N2O3/c1-11(2)5-8(11)6-13-10(17)14-7-12(3-4-12)9(15)16/h8H,3-7H2,1-2H3,(H,15,16)(H2,13,14,17). The van der Waals surface area contributed by atoms with Crippen molar-refractivity contribution in [1.82, 2.24) is 10.6 Å². The smallest absolute Gasteiger partial charge is 0.314 e. The Kier molecular flexibility index (Phi) is 2.79. The Hall–Kier alpha value is -1.26. The van der Waals surface area contributed by atoms with Crippen LogP contribution in [0.2, 0.25) is 0 Å². The second-order valence-electron chi connectivity index (χ2n) is 6.04. The van der Waals surface area contributed by atoms with Crippen molar-refractivity contribution < 1.29 is 14.7 Å². The maximum absolute atomic E-state index is 11.5. The number of urea groups is 1. The van der Waals surface area contributed by atoms with E-state index in [0.29, 0.717) is 30.7 Å². The molecule has 0 aromatic rings. The predicted octanol–water partition coefficient (Wildman–Crippen LogP) is 1.20. The first kappa shape index (κ1) is 12.2. The first-order chi connectivity index (χ1) is 7.86. The van der Waals surface area contributed by atoms with E-state index in [1.807, 2.05) is 0 Å². The normalized spacial score (nSPS) is 27.1. The van der Waals surface area contributed by atoms with E-state index in [9.17, 15) is 9.59 Å². The first-order valence-corrected chi connectivity index (χ1v) is 6.11. The molecule has 17 heavy (non-hydrogen) atoms. The number of aliphatic carboxylic acids is 1. The highest BCUT2D eigenvalue weighted by atomic mass is 16.4. The molecule has 0 radical (unpaired) electrons. The minimum absolute atomic E-state index is 0.238. The summed E-state index contributed by atoms with van der Waals surface area (Å²) in [5, 5.41) is 14.4. The number of nitrogens with one attached hydrogen (secondary N) is 2. The topological polar surface area (TPSA) is 78.4 Å². The van der Waals surface area contributed by atoms with Crippen LogP contribution in [-0.2, 0) is 4.79 Å². The molecule has 3 N–H and O–H groups in total. The summed E-state index contributed by atoms with van der Waals surface area (Å²) in [6.45, 7) is 5.28. The zero-order valence-corrected chi connectivity index (χ0v) is 10.4. The SMILES string of the molecule is CC1(C)CC1CNC(=O)NCC1(C(=O)O)CC1. The van der Waals surface area contributed by atoms with Crippen LogP contribution in [0.25, 0.3) is 0 Å². The Morgan fingerprint density at radius 1 is 1.29 bits per heavy atom. The number of hydrogen-bond donors (Lipinski definition) is 3. The molecule has 0 saturated heterocycles. The van der Waals surface area contributed by atoms with E-state index in [1.165, 1.54) is 0 Å². The molecule has 2 amide bonds. The van der Waals surface area contributed by atoms with Crippen LogP contribution >= 0.6 is 0 Å². The average molecular weight is 240 g/mol. The molecular weight excluding hydrogens is 220 g/mol. The number of hydrogen-bond acceptors (Lipinski definition) is 2. The Bertz CT molecular complexity index is 348. The van der Waals surface area contributed by atoms with Gasteiger partial charge in [-0.05, 0) is 30.6 Å². The van der Waals surface area contributed by atoms with Gasteiger partial charge in [-0.15, -0.1) is 0 Å². The first-order valence-electron chi connectivity index (χ1n) is 6.11. The zero-order chi connectivity index (χ0) is 12.7. The van der Waals surface area contributed by atoms with Crippen LogP contribution in [0, 0.1) is 16.7 Å². The molecule has 2 rings (SSSR count). The van der Waals surface area contributed by atoms with Crippen LogP contribution in [0.15, 0.2) is 0 Å². The van der Waals surface area contributed by atoms with Crippen molar-refractivity contribution in [2.45, 2.75) is 33.1 Å². The van der Waals surface area contributed by atoms with E-state index in [-0.39, 0.29) is 12.6 Å². The Morgan fingerprint density at radius 2 is 1.88 bits per heavy atom. The molecule has 0 aromatic carbocycles. The van der Waals surface area contributed by atoms with Crippen LogP contribution in [0.4, 0.5) is 4.79 Å². The molecule has 0 aromatic heterocycles. The number of carbonyl (C=O) groups excluding carboxylic acids is 1. The number of amides is 2. The molecule has 0 bridgehead atoms. The summed E-state index contributed by atoms with van der Waals surface area (Å²) in [6, 6.07) is -0.250. The van der Waals surface area contributed by atoms with Crippen molar-refractivity contribution in [2.24, 2.45) is 16.7 Å². The quantitative estimate of drug-likeness (QED) is 0.675. The van der Waals surface area contributed by atoms with Gasteiger partial charge < -0.3 is 15.7 Å². The van der Waals surface area contributed by atoms with Gasteiger partial charge in [0.2, 0.25) is 0 Å². The minimum Gasteiger partial charge on any atom is -0.481 e. The molecule has 96 valence electrons. The highest BCUT2D eigenvalue weighted by Gasteiger charge is 2.50. The Morgan fingerprint density at radius 3 is 2.29 bits per heavy atom. The van der Waals surface area contributed by atoms with Crippen molar-refractivity contribution in [1.29, 1.82) is 0 Å². The van der Waals surface area contributed by atoms with Gasteiger partial charge in [-0.3, -0.25) is 4.79 Å². The number of carboxylic acid groups (broad SMARTS) is 1. The van der Waals surface area contributed by atoms with Gasteiger partial charge in [-0.25, -0.2) is 4.79 Å². The predicted molar refractivity (Wildman–Crippen MR) is 62.6 cm³/mol. The summed E-state index contributed by atoms with van der Waals surface area (Å²) in [7, 11) is 0. The fraction of sp³-hybridized carbons (Fsp3) is 0.833. The monoisotopic (exact) mass is 240 g/mol. The summed E-state index contributed by atoms with van der Waals surface area (Å²) in [5.41, 5.74) is -0.331. The van der Waals surface area contributed by atoms with Crippen molar-refractivity contribution in [2.75, 3.05) is 13.1 Å². The lowest BCUT2D eigenvalue weighted by Crippen LogP contribution is -2.41.